The molecule has 0 bridgehead atoms. The first-order valence-electron chi connectivity index (χ1n) is 5.81. The zero-order chi connectivity index (χ0) is 13.3. The molecular weight excluding hydrogens is 248 g/mol. The van der Waals surface area contributed by atoms with Crippen LogP contribution in [0.5, 0.6) is 0 Å². The Morgan fingerprint density at radius 1 is 1.50 bits per heavy atom. The average Bonchev–Trinajstić information content (AvgIpc) is 2.58. The van der Waals surface area contributed by atoms with Crippen molar-refractivity contribution < 1.29 is 9.59 Å². The van der Waals surface area contributed by atoms with Crippen LogP contribution in [0.15, 0.2) is 18.2 Å². The number of carbonyl (C=O) groups is 2. The van der Waals surface area contributed by atoms with E-state index >= 15 is 0 Å². The minimum atomic E-state index is 0.0361. The number of para-hydroxylation sites is 1. The van der Waals surface area contributed by atoms with E-state index in [0.717, 1.165) is 11.3 Å². The van der Waals surface area contributed by atoms with E-state index < -0.39 is 0 Å². The Morgan fingerprint density at radius 2 is 2.22 bits per heavy atom. The zero-order valence-corrected chi connectivity index (χ0v) is 11.3. The molecule has 2 rings (SSSR count). The molecule has 96 valence electrons. The van der Waals surface area contributed by atoms with Crippen molar-refractivity contribution in [3.63, 3.8) is 0 Å². The molecule has 0 saturated carbocycles. The average molecular weight is 264 g/mol. The maximum atomic E-state index is 12.0. The SMILES string of the molecule is CC(=O)SC1CC(=O)N(c2c(C)cccc2N)C1. The van der Waals surface area contributed by atoms with Crippen LogP contribution in [0.2, 0.25) is 0 Å². The number of benzene rings is 1. The first-order chi connectivity index (χ1) is 8.49. The fourth-order valence-corrected chi connectivity index (χ4v) is 3.17. The summed E-state index contributed by atoms with van der Waals surface area (Å²) in [6, 6.07) is 5.60. The molecule has 18 heavy (non-hydrogen) atoms. The Labute approximate surface area is 111 Å². The van der Waals surface area contributed by atoms with Gasteiger partial charge in [-0.2, -0.15) is 0 Å². The fraction of sp³-hybridized carbons (Fsp3) is 0.385. The number of hydrogen-bond donors (Lipinski definition) is 1. The lowest BCUT2D eigenvalue weighted by molar-refractivity contribution is -0.117. The van der Waals surface area contributed by atoms with Gasteiger partial charge in [-0.1, -0.05) is 23.9 Å². The topological polar surface area (TPSA) is 63.4 Å². The molecule has 1 aromatic rings. The number of nitrogen functional groups attached to an aromatic ring is 1. The highest BCUT2D eigenvalue weighted by Gasteiger charge is 2.33. The number of amides is 1. The molecule has 4 nitrogen and oxygen atoms in total. The van der Waals surface area contributed by atoms with Gasteiger partial charge in [0, 0.05) is 25.1 Å². The summed E-state index contributed by atoms with van der Waals surface area (Å²) >= 11 is 1.23. The highest BCUT2D eigenvalue weighted by Crippen LogP contribution is 2.34. The van der Waals surface area contributed by atoms with Crippen molar-refractivity contribution in [2.45, 2.75) is 25.5 Å². The van der Waals surface area contributed by atoms with Gasteiger partial charge in [0.1, 0.15) is 0 Å². The lowest BCUT2D eigenvalue weighted by atomic mass is 10.1. The minimum Gasteiger partial charge on any atom is -0.397 e. The molecule has 1 aromatic carbocycles. The van der Waals surface area contributed by atoms with Gasteiger partial charge in [-0.25, -0.2) is 0 Å². The van der Waals surface area contributed by atoms with Crippen LogP contribution in [0.4, 0.5) is 11.4 Å². The molecule has 1 fully saturated rings. The second kappa shape index (κ2) is 5.02. The summed E-state index contributed by atoms with van der Waals surface area (Å²) in [6.45, 7) is 4.02. The van der Waals surface area contributed by atoms with Crippen LogP contribution in [0.3, 0.4) is 0 Å². The number of nitrogens with zero attached hydrogens (tertiary/aromatic N) is 1. The summed E-state index contributed by atoms with van der Waals surface area (Å²) in [4.78, 5) is 24.8. The van der Waals surface area contributed by atoms with Crippen LogP contribution < -0.4 is 10.6 Å². The van der Waals surface area contributed by atoms with Crippen LogP contribution in [0.25, 0.3) is 0 Å². The van der Waals surface area contributed by atoms with Crippen LogP contribution >= 0.6 is 11.8 Å². The summed E-state index contributed by atoms with van der Waals surface area (Å²) in [6.07, 6.45) is 0.401. The zero-order valence-electron chi connectivity index (χ0n) is 10.5. The van der Waals surface area contributed by atoms with E-state index in [1.807, 2.05) is 19.1 Å². The van der Waals surface area contributed by atoms with Gasteiger partial charge in [0.15, 0.2) is 5.12 Å². The number of hydrogen-bond acceptors (Lipinski definition) is 4. The Balaban J connectivity index is 2.24. The van der Waals surface area contributed by atoms with Gasteiger partial charge in [-0.15, -0.1) is 0 Å². The van der Waals surface area contributed by atoms with Gasteiger partial charge in [0.25, 0.3) is 0 Å². The minimum absolute atomic E-state index is 0.0361. The fourth-order valence-electron chi connectivity index (χ4n) is 2.25. The molecule has 1 aliphatic rings. The molecule has 1 saturated heterocycles. The number of thioether (sulfide) groups is 1. The quantitative estimate of drug-likeness (QED) is 0.829. The van der Waals surface area contributed by atoms with Crippen molar-refractivity contribution in [2.24, 2.45) is 0 Å². The number of aryl methyl sites for hydroxylation is 1. The largest absolute Gasteiger partial charge is 0.397 e. The summed E-state index contributed by atoms with van der Waals surface area (Å²) in [5.74, 6) is 0.0368. The smallest absolute Gasteiger partial charge is 0.228 e. The predicted octanol–water partition coefficient (Wildman–Crippen LogP) is 1.96. The molecule has 1 atom stereocenters. The second-order valence-corrected chi connectivity index (χ2v) is 5.93. The number of carbonyl (C=O) groups excluding carboxylic acids is 2. The third kappa shape index (κ3) is 2.51. The number of rotatable bonds is 2. The lowest BCUT2D eigenvalue weighted by Crippen LogP contribution is -2.26. The Kier molecular flexibility index (Phi) is 3.61. The monoisotopic (exact) mass is 264 g/mol. The van der Waals surface area contributed by atoms with Crippen molar-refractivity contribution in [1.29, 1.82) is 0 Å². The van der Waals surface area contributed by atoms with Gasteiger partial charge >= 0.3 is 0 Å². The second-order valence-electron chi connectivity index (χ2n) is 4.45. The molecule has 0 aromatic heterocycles. The Morgan fingerprint density at radius 3 is 2.83 bits per heavy atom. The third-order valence-electron chi connectivity index (χ3n) is 2.96. The van der Waals surface area contributed by atoms with Gasteiger partial charge < -0.3 is 10.6 Å². The van der Waals surface area contributed by atoms with Gasteiger partial charge in [-0.3, -0.25) is 9.59 Å². The third-order valence-corrected chi connectivity index (χ3v) is 3.94. The van der Waals surface area contributed by atoms with E-state index in [1.165, 1.54) is 18.7 Å². The maximum Gasteiger partial charge on any atom is 0.228 e. The van der Waals surface area contributed by atoms with E-state index in [9.17, 15) is 9.59 Å². The summed E-state index contributed by atoms with van der Waals surface area (Å²) in [5, 5.41) is 0.0846. The molecule has 0 aliphatic carbocycles. The summed E-state index contributed by atoms with van der Waals surface area (Å²) in [5.41, 5.74) is 8.32. The Bertz CT molecular complexity index is 482. The number of nitrogens with two attached hydrogens (primary N) is 1. The van der Waals surface area contributed by atoms with Crippen LogP contribution in [0, 0.1) is 6.92 Å². The highest BCUT2D eigenvalue weighted by atomic mass is 32.2. The lowest BCUT2D eigenvalue weighted by Gasteiger charge is -2.20. The molecule has 1 amide bonds. The first kappa shape index (κ1) is 13.0. The molecule has 0 spiro atoms. The normalized spacial score (nSPS) is 19.3. The van der Waals surface area contributed by atoms with Crippen molar-refractivity contribution in [1.82, 2.24) is 0 Å². The number of anilines is 2. The molecule has 0 radical (unpaired) electrons. The molecule has 2 N–H and O–H groups in total. The van der Waals surface area contributed by atoms with Crippen molar-refractivity contribution >= 4 is 34.2 Å². The van der Waals surface area contributed by atoms with E-state index in [4.69, 9.17) is 5.73 Å². The molecule has 5 heteroatoms. The van der Waals surface area contributed by atoms with Crippen LogP contribution in [-0.2, 0) is 9.59 Å². The molecule has 1 aliphatic heterocycles. The van der Waals surface area contributed by atoms with Crippen molar-refractivity contribution in [3.05, 3.63) is 23.8 Å². The van der Waals surface area contributed by atoms with Crippen molar-refractivity contribution in [2.75, 3.05) is 17.2 Å². The maximum absolute atomic E-state index is 12.0. The first-order valence-corrected chi connectivity index (χ1v) is 6.69. The van der Waals surface area contributed by atoms with E-state index in [-0.39, 0.29) is 16.3 Å². The van der Waals surface area contributed by atoms with Gasteiger partial charge in [0.05, 0.1) is 11.4 Å². The van der Waals surface area contributed by atoms with Crippen LogP contribution in [0.1, 0.15) is 18.9 Å². The molecular formula is C13H16N2O2S. The highest BCUT2D eigenvalue weighted by molar-refractivity contribution is 8.14. The summed E-state index contributed by atoms with van der Waals surface area (Å²) < 4.78 is 0. The summed E-state index contributed by atoms with van der Waals surface area (Å²) in [7, 11) is 0. The molecule has 1 unspecified atom stereocenters. The van der Waals surface area contributed by atoms with Gasteiger partial charge in [0.2, 0.25) is 5.91 Å². The molecule has 1 heterocycles. The van der Waals surface area contributed by atoms with E-state index in [0.29, 0.717) is 18.7 Å². The van der Waals surface area contributed by atoms with Gasteiger partial charge in [-0.05, 0) is 18.6 Å². The predicted molar refractivity (Wildman–Crippen MR) is 74.6 cm³/mol. The van der Waals surface area contributed by atoms with E-state index in [1.54, 1.807) is 11.0 Å². The standard InChI is InChI=1S/C13H16N2O2S/c1-8-4-3-5-11(14)13(8)15-7-10(6-12(15)17)18-9(2)16/h3-5,10H,6-7,14H2,1-2H3. The van der Waals surface area contributed by atoms with E-state index in [2.05, 4.69) is 0 Å². The Hall–Kier alpha value is -1.49. The van der Waals surface area contributed by atoms with Crippen molar-refractivity contribution in [3.8, 4) is 0 Å². The van der Waals surface area contributed by atoms with Crippen LogP contribution in [-0.4, -0.2) is 22.8 Å².